The molecule has 0 spiro atoms. The molecule has 0 aromatic rings. The summed E-state index contributed by atoms with van der Waals surface area (Å²) in [6.07, 6.45) is 3.78. The van der Waals surface area contributed by atoms with Crippen molar-refractivity contribution in [1.82, 2.24) is 0 Å². The standard InChI is InChI=1S/C16H28O6/c1-6-8-9-11(7-2)10-12(14(17)18)13(15(19)20)21-22-16(3,4)5/h11H,6-10H2,1-5H3,(H,17,18)(H,19,20). The van der Waals surface area contributed by atoms with Crippen LogP contribution in [0.2, 0.25) is 0 Å². The molecular formula is C16H28O6. The molecule has 2 N–H and O–H groups in total. The summed E-state index contributed by atoms with van der Waals surface area (Å²) in [5, 5.41) is 18.6. The van der Waals surface area contributed by atoms with E-state index in [0.29, 0.717) is 0 Å². The van der Waals surface area contributed by atoms with Crippen LogP contribution in [-0.2, 0) is 19.4 Å². The van der Waals surface area contributed by atoms with E-state index in [4.69, 9.17) is 9.78 Å². The fourth-order valence-corrected chi connectivity index (χ4v) is 1.89. The average Bonchev–Trinajstić information content (AvgIpc) is 2.39. The topological polar surface area (TPSA) is 93.1 Å². The lowest BCUT2D eigenvalue weighted by atomic mass is 9.91. The van der Waals surface area contributed by atoms with Gasteiger partial charge < -0.3 is 15.1 Å². The van der Waals surface area contributed by atoms with Crippen molar-refractivity contribution in [3.63, 3.8) is 0 Å². The Morgan fingerprint density at radius 3 is 2.05 bits per heavy atom. The molecule has 0 aliphatic rings. The minimum Gasteiger partial charge on any atom is -0.478 e. The van der Waals surface area contributed by atoms with Gasteiger partial charge >= 0.3 is 11.9 Å². The van der Waals surface area contributed by atoms with Gasteiger partial charge in [-0.05, 0) is 33.1 Å². The van der Waals surface area contributed by atoms with Gasteiger partial charge in [0.25, 0.3) is 5.76 Å². The van der Waals surface area contributed by atoms with Crippen molar-refractivity contribution in [3.05, 3.63) is 11.3 Å². The molecule has 0 aliphatic heterocycles. The van der Waals surface area contributed by atoms with Gasteiger partial charge in [0.2, 0.25) is 0 Å². The van der Waals surface area contributed by atoms with Crippen LogP contribution < -0.4 is 0 Å². The maximum atomic E-state index is 11.4. The van der Waals surface area contributed by atoms with Crippen LogP contribution in [0.3, 0.4) is 0 Å². The van der Waals surface area contributed by atoms with Crippen LogP contribution in [0, 0.1) is 5.92 Å². The first-order valence-electron chi connectivity index (χ1n) is 7.67. The summed E-state index contributed by atoms with van der Waals surface area (Å²) in [6, 6.07) is 0. The molecule has 0 amide bonds. The molecule has 0 aromatic carbocycles. The Balaban J connectivity index is 5.31. The monoisotopic (exact) mass is 316 g/mol. The third-order valence-electron chi connectivity index (χ3n) is 3.14. The largest absolute Gasteiger partial charge is 0.478 e. The Morgan fingerprint density at radius 1 is 1.09 bits per heavy atom. The van der Waals surface area contributed by atoms with Gasteiger partial charge in [-0.15, -0.1) is 0 Å². The third-order valence-corrected chi connectivity index (χ3v) is 3.14. The summed E-state index contributed by atoms with van der Waals surface area (Å²) in [6.45, 7) is 9.07. The first kappa shape index (κ1) is 20.4. The molecular weight excluding hydrogens is 288 g/mol. The van der Waals surface area contributed by atoms with E-state index in [0.717, 1.165) is 25.7 Å². The van der Waals surface area contributed by atoms with Gasteiger partial charge in [-0.25, -0.2) is 9.59 Å². The zero-order valence-electron chi connectivity index (χ0n) is 14.1. The van der Waals surface area contributed by atoms with Crippen LogP contribution in [-0.4, -0.2) is 27.8 Å². The highest BCUT2D eigenvalue weighted by Gasteiger charge is 2.27. The zero-order chi connectivity index (χ0) is 17.3. The number of aliphatic carboxylic acids is 2. The molecule has 6 heteroatoms. The van der Waals surface area contributed by atoms with Crippen molar-refractivity contribution >= 4 is 11.9 Å². The minimum absolute atomic E-state index is 0.110. The van der Waals surface area contributed by atoms with E-state index in [1.165, 1.54) is 0 Å². The fraction of sp³-hybridized carbons (Fsp3) is 0.750. The van der Waals surface area contributed by atoms with Crippen molar-refractivity contribution in [3.8, 4) is 0 Å². The number of hydrogen-bond donors (Lipinski definition) is 2. The van der Waals surface area contributed by atoms with Crippen molar-refractivity contribution in [2.75, 3.05) is 0 Å². The van der Waals surface area contributed by atoms with E-state index in [9.17, 15) is 19.8 Å². The van der Waals surface area contributed by atoms with Crippen LogP contribution in [0.5, 0.6) is 0 Å². The highest BCUT2D eigenvalue weighted by molar-refractivity contribution is 5.97. The van der Waals surface area contributed by atoms with E-state index in [-0.39, 0.29) is 17.9 Å². The summed E-state index contributed by atoms with van der Waals surface area (Å²) in [7, 11) is 0. The van der Waals surface area contributed by atoms with Crippen molar-refractivity contribution in [2.45, 2.75) is 72.3 Å². The second-order valence-electron chi connectivity index (χ2n) is 6.32. The summed E-state index contributed by atoms with van der Waals surface area (Å²) >= 11 is 0. The number of unbranched alkanes of at least 4 members (excludes halogenated alkanes) is 1. The van der Waals surface area contributed by atoms with E-state index >= 15 is 0 Å². The van der Waals surface area contributed by atoms with Crippen LogP contribution in [0.1, 0.15) is 66.7 Å². The molecule has 1 unspecified atom stereocenters. The van der Waals surface area contributed by atoms with Gasteiger partial charge in [-0.2, -0.15) is 4.89 Å². The Hall–Kier alpha value is -1.56. The Morgan fingerprint density at radius 2 is 1.68 bits per heavy atom. The molecule has 0 aromatic heterocycles. The molecule has 0 saturated carbocycles. The number of carbonyl (C=O) groups is 2. The first-order valence-corrected chi connectivity index (χ1v) is 7.67. The highest BCUT2D eigenvalue weighted by atomic mass is 17.2. The molecule has 0 radical (unpaired) electrons. The number of carboxylic acids is 2. The van der Waals surface area contributed by atoms with E-state index in [1.54, 1.807) is 20.8 Å². The molecule has 128 valence electrons. The SMILES string of the molecule is CCCCC(CC)CC(C(=O)O)=C(OOC(C)(C)C)C(=O)O. The van der Waals surface area contributed by atoms with E-state index < -0.39 is 23.3 Å². The van der Waals surface area contributed by atoms with Crippen molar-refractivity contribution < 1.29 is 29.6 Å². The number of carboxylic acid groups (broad SMARTS) is 2. The van der Waals surface area contributed by atoms with Crippen molar-refractivity contribution in [2.24, 2.45) is 5.92 Å². The normalized spacial score (nSPS) is 14.2. The molecule has 0 rings (SSSR count). The molecule has 22 heavy (non-hydrogen) atoms. The summed E-state index contributed by atoms with van der Waals surface area (Å²) in [5.74, 6) is -3.26. The maximum Gasteiger partial charge on any atom is 0.375 e. The lowest BCUT2D eigenvalue weighted by molar-refractivity contribution is -0.321. The molecule has 0 saturated heterocycles. The quantitative estimate of drug-likeness (QED) is 0.276. The second-order valence-corrected chi connectivity index (χ2v) is 6.32. The van der Waals surface area contributed by atoms with Crippen LogP contribution in [0.25, 0.3) is 0 Å². The van der Waals surface area contributed by atoms with Gasteiger partial charge in [-0.3, -0.25) is 0 Å². The lowest BCUT2D eigenvalue weighted by Crippen LogP contribution is -2.23. The number of rotatable bonds is 10. The summed E-state index contributed by atoms with van der Waals surface area (Å²) < 4.78 is 0. The average molecular weight is 316 g/mol. The predicted octanol–water partition coefficient (Wildman–Crippen LogP) is 3.76. The number of hydrogen-bond acceptors (Lipinski definition) is 4. The maximum absolute atomic E-state index is 11.4. The lowest BCUT2D eigenvalue weighted by Gasteiger charge is -2.20. The Bertz CT molecular complexity index is 405. The van der Waals surface area contributed by atoms with Crippen LogP contribution in [0.4, 0.5) is 0 Å². The Labute approximate surface area is 132 Å². The molecule has 0 fully saturated rings. The van der Waals surface area contributed by atoms with Gasteiger partial charge in [0, 0.05) is 0 Å². The molecule has 6 nitrogen and oxygen atoms in total. The first-order chi connectivity index (χ1) is 10.1. The third kappa shape index (κ3) is 8.02. The predicted molar refractivity (Wildman–Crippen MR) is 82.1 cm³/mol. The van der Waals surface area contributed by atoms with Gasteiger partial charge in [0.1, 0.15) is 5.60 Å². The Kier molecular flexibility index (Phi) is 8.79. The zero-order valence-corrected chi connectivity index (χ0v) is 14.1. The van der Waals surface area contributed by atoms with Gasteiger partial charge in [-0.1, -0.05) is 39.5 Å². The van der Waals surface area contributed by atoms with Crippen LogP contribution in [0.15, 0.2) is 11.3 Å². The summed E-state index contributed by atoms with van der Waals surface area (Å²) in [4.78, 5) is 32.6. The van der Waals surface area contributed by atoms with Gasteiger partial charge in [0.05, 0.1) is 5.57 Å². The smallest absolute Gasteiger partial charge is 0.375 e. The van der Waals surface area contributed by atoms with Crippen LogP contribution >= 0.6 is 0 Å². The highest BCUT2D eigenvalue weighted by Crippen LogP contribution is 2.25. The second kappa shape index (κ2) is 9.46. The molecule has 1 atom stereocenters. The minimum atomic E-state index is -1.44. The van der Waals surface area contributed by atoms with E-state index in [2.05, 4.69) is 6.92 Å². The summed E-state index contributed by atoms with van der Waals surface area (Å²) in [5.41, 5.74) is -0.990. The fourth-order valence-electron chi connectivity index (χ4n) is 1.89. The molecule has 0 bridgehead atoms. The molecule has 0 aliphatic carbocycles. The van der Waals surface area contributed by atoms with Gasteiger partial charge in [0.15, 0.2) is 0 Å². The molecule has 0 heterocycles. The van der Waals surface area contributed by atoms with E-state index in [1.807, 2.05) is 6.92 Å². The van der Waals surface area contributed by atoms with Crippen molar-refractivity contribution in [1.29, 1.82) is 0 Å².